The van der Waals surface area contributed by atoms with Gasteiger partial charge in [0.05, 0.1) is 32.8 Å². The average Bonchev–Trinajstić information content (AvgIpc) is 2.81. The third-order valence-corrected chi connectivity index (χ3v) is 4.25. The van der Waals surface area contributed by atoms with E-state index < -0.39 is 18.0 Å². The van der Waals surface area contributed by atoms with Crippen molar-refractivity contribution in [3.8, 4) is 0 Å². The number of hydrogen-bond acceptors (Lipinski definition) is 11. The summed E-state index contributed by atoms with van der Waals surface area (Å²) in [6, 6.07) is 0. The number of ether oxygens (including phenoxy) is 8. The Balaban J connectivity index is 4.08. The van der Waals surface area contributed by atoms with Crippen LogP contribution in [0.5, 0.6) is 0 Å². The predicted molar refractivity (Wildman–Crippen MR) is 117 cm³/mol. The van der Waals surface area contributed by atoms with Crippen LogP contribution in [0.2, 0.25) is 0 Å². The first kappa shape index (κ1) is 30.9. The number of rotatable bonds is 21. The summed E-state index contributed by atoms with van der Waals surface area (Å²) in [4.78, 5) is 34.0. The lowest BCUT2D eigenvalue weighted by atomic mass is 10.3. The maximum atomic E-state index is 11.7. The van der Waals surface area contributed by atoms with Gasteiger partial charge in [-0.15, -0.1) is 0 Å². The summed E-state index contributed by atoms with van der Waals surface area (Å²) in [6.07, 6.45) is 0.846. The highest BCUT2D eigenvalue weighted by atomic mass is 16.6. The van der Waals surface area contributed by atoms with Gasteiger partial charge >= 0.3 is 17.9 Å². The highest BCUT2D eigenvalue weighted by Gasteiger charge is 2.16. The van der Waals surface area contributed by atoms with E-state index in [1.807, 2.05) is 6.92 Å². The second-order valence-corrected chi connectivity index (χ2v) is 6.89. The number of carbonyl (C=O) groups is 3. The third-order valence-electron chi connectivity index (χ3n) is 4.25. The van der Waals surface area contributed by atoms with Crippen molar-refractivity contribution < 1.29 is 52.3 Å². The SMILES string of the molecule is C=CC(=O)OCCC(=O)OCC(COCC(COCC(COC(=O)CCC)OC)OC)OC. The zero-order chi connectivity index (χ0) is 24.9. The molecule has 0 amide bonds. The van der Waals surface area contributed by atoms with Gasteiger partial charge in [-0.25, -0.2) is 4.79 Å². The van der Waals surface area contributed by atoms with Crippen LogP contribution < -0.4 is 0 Å². The van der Waals surface area contributed by atoms with Crippen LogP contribution in [0.15, 0.2) is 12.7 Å². The minimum absolute atomic E-state index is 0.00877. The van der Waals surface area contributed by atoms with Crippen LogP contribution in [0.25, 0.3) is 0 Å². The molecule has 11 heteroatoms. The molecule has 0 aromatic rings. The largest absolute Gasteiger partial charge is 0.463 e. The molecule has 33 heavy (non-hydrogen) atoms. The number of hydrogen-bond donors (Lipinski definition) is 0. The molecule has 11 nitrogen and oxygen atoms in total. The molecular weight excluding hydrogens is 440 g/mol. The van der Waals surface area contributed by atoms with Crippen molar-refractivity contribution in [2.75, 3.05) is 67.6 Å². The lowest BCUT2D eigenvalue weighted by Crippen LogP contribution is -2.32. The standard InChI is InChI=1S/C22H38O11/c1-6-8-21(24)32-15-18(27-4)13-29-11-17(26-3)12-30-14-19(28-5)16-33-22(25)9-10-31-20(23)7-2/h7,17-19H,2,6,8-16H2,1,3-5H3. The maximum Gasteiger partial charge on any atom is 0.330 e. The van der Waals surface area contributed by atoms with Gasteiger partial charge in [-0.3, -0.25) is 9.59 Å². The van der Waals surface area contributed by atoms with Gasteiger partial charge in [0.25, 0.3) is 0 Å². The van der Waals surface area contributed by atoms with E-state index in [0.717, 1.165) is 12.5 Å². The molecule has 3 unspecified atom stereocenters. The van der Waals surface area contributed by atoms with Gasteiger partial charge in [-0.1, -0.05) is 13.5 Å². The Bertz CT molecular complexity index is 552. The Labute approximate surface area is 195 Å². The van der Waals surface area contributed by atoms with Crippen LogP contribution in [-0.2, 0) is 52.3 Å². The van der Waals surface area contributed by atoms with E-state index in [9.17, 15) is 14.4 Å². The minimum Gasteiger partial charge on any atom is -0.463 e. The quantitative estimate of drug-likeness (QED) is 0.134. The van der Waals surface area contributed by atoms with E-state index in [4.69, 9.17) is 37.9 Å². The lowest BCUT2D eigenvalue weighted by Gasteiger charge is -2.20. The highest BCUT2D eigenvalue weighted by molar-refractivity contribution is 5.81. The van der Waals surface area contributed by atoms with Crippen molar-refractivity contribution in [3.05, 3.63) is 12.7 Å². The van der Waals surface area contributed by atoms with Crippen LogP contribution in [0, 0.1) is 0 Å². The third kappa shape index (κ3) is 17.1. The molecule has 0 aliphatic carbocycles. The normalized spacial score (nSPS) is 13.6. The van der Waals surface area contributed by atoms with Crippen molar-refractivity contribution in [1.82, 2.24) is 0 Å². The van der Waals surface area contributed by atoms with Crippen LogP contribution in [0.1, 0.15) is 26.2 Å². The van der Waals surface area contributed by atoms with Crippen molar-refractivity contribution in [2.45, 2.75) is 44.5 Å². The molecule has 0 radical (unpaired) electrons. The maximum absolute atomic E-state index is 11.7. The molecule has 0 spiro atoms. The topological polar surface area (TPSA) is 125 Å². The summed E-state index contributed by atoms with van der Waals surface area (Å²) in [5.41, 5.74) is 0. The molecule has 0 aromatic carbocycles. The molecular formula is C22H38O11. The summed E-state index contributed by atoms with van der Waals surface area (Å²) in [7, 11) is 4.53. The fourth-order valence-electron chi connectivity index (χ4n) is 2.23. The number of methoxy groups -OCH3 is 3. The van der Waals surface area contributed by atoms with E-state index in [-0.39, 0.29) is 70.8 Å². The van der Waals surface area contributed by atoms with Crippen molar-refractivity contribution in [1.29, 1.82) is 0 Å². The summed E-state index contributed by atoms with van der Waals surface area (Å²) in [5.74, 6) is -1.39. The Morgan fingerprint density at radius 3 is 1.52 bits per heavy atom. The Morgan fingerprint density at radius 2 is 1.12 bits per heavy atom. The van der Waals surface area contributed by atoms with E-state index >= 15 is 0 Å². The van der Waals surface area contributed by atoms with Gasteiger partial charge in [0.1, 0.15) is 38.1 Å². The summed E-state index contributed by atoms with van der Waals surface area (Å²) in [6.45, 7) is 6.06. The Morgan fingerprint density at radius 1 is 0.697 bits per heavy atom. The minimum atomic E-state index is -0.601. The molecule has 0 heterocycles. The first-order chi connectivity index (χ1) is 15.9. The van der Waals surface area contributed by atoms with Crippen LogP contribution in [0.3, 0.4) is 0 Å². The van der Waals surface area contributed by atoms with Gasteiger partial charge in [-0.2, -0.15) is 0 Å². The van der Waals surface area contributed by atoms with Crippen LogP contribution in [0.4, 0.5) is 0 Å². The monoisotopic (exact) mass is 478 g/mol. The van der Waals surface area contributed by atoms with Crippen LogP contribution in [-0.4, -0.2) is 104 Å². The summed E-state index contributed by atoms with van der Waals surface area (Å²) in [5, 5.41) is 0. The fourth-order valence-corrected chi connectivity index (χ4v) is 2.23. The molecule has 0 aromatic heterocycles. The molecule has 0 bridgehead atoms. The average molecular weight is 479 g/mol. The first-order valence-electron chi connectivity index (χ1n) is 10.7. The van der Waals surface area contributed by atoms with Gasteiger partial charge in [0, 0.05) is 33.8 Å². The van der Waals surface area contributed by atoms with Gasteiger partial charge in [-0.05, 0) is 6.42 Å². The van der Waals surface area contributed by atoms with E-state index in [2.05, 4.69) is 6.58 Å². The fraction of sp³-hybridized carbons (Fsp3) is 0.773. The van der Waals surface area contributed by atoms with Crippen LogP contribution >= 0.6 is 0 Å². The zero-order valence-electron chi connectivity index (χ0n) is 20.1. The van der Waals surface area contributed by atoms with E-state index in [1.165, 1.54) is 21.3 Å². The summed E-state index contributed by atoms with van der Waals surface area (Å²) >= 11 is 0. The van der Waals surface area contributed by atoms with Gasteiger partial charge in [0.15, 0.2) is 0 Å². The van der Waals surface area contributed by atoms with Gasteiger partial charge < -0.3 is 37.9 Å². The summed E-state index contributed by atoms with van der Waals surface area (Å²) < 4.78 is 41.9. The molecule has 3 atom stereocenters. The smallest absolute Gasteiger partial charge is 0.330 e. The van der Waals surface area contributed by atoms with E-state index in [1.54, 1.807) is 0 Å². The van der Waals surface area contributed by atoms with Crippen molar-refractivity contribution in [2.24, 2.45) is 0 Å². The molecule has 0 fully saturated rings. The molecule has 0 N–H and O–H groups in total. The first-order valence-corrected chi connectivity index (χ1v) is 10.7. The number of esters is 3. The zero-order valence-corrected chi connectivity index (χ0v) is 20.1. The molecule has 0 saturated carbocycles. The van der Waals surface area contributed by atoms with Crippen molar-refractivity contribution >= 4 is 17.9 Å². The molecule has 0 aliphatic heterocycles. The molecule has 0 saturated heterocycles. The van der Waals surface area contributed by atoms with Crippen molar-refractivity contribution in [3.63, 3.8) is 0 Å². The second-order valence-electron chi connectivity index (χ2n) is 6.89. The van der Waals surface area contributed by atoms with Gasteiger partial charge in [0.2, 0.25) is 0 Å². The number of carbonyl (C=O) groups excluding carboxylic acids is 3. The Hall–Kier alpha value is -2.05. The lowest BCUT2D eigenvalue weighted by molar-refractivity contribution is -0.151. The molecule has 192 valence electrons. The Kier molecular flexibility index (Phi) is 19.3. The molecule has 0 aliphatic rings. The van der Waals surface area contributed by atoms with E-state index in [0.29, 0.717) is 6.42 Å². The predicted octanol–water partition coefficient (Wildman–Crippen LogP) is 1.07. The highest BCUT2D eigenvalue weighted by Crippen LogP contribution is 2.02. The second kappa shape index (κ2) is 20.5. The molecule has 0 rings (SSSR count).